The Morgan fingerprint density at radius 2 is 1.74 bits per heavy atom. The number of carbonyl (C=O) groups excluding carboxylic acids is 2. The van der Waals surface area contributed by atoms with E-state index in [4.69, 9.17) is 0 Å². The first-order valence-electron chi connectivity index (χ1n) is 9.40. The molecule has 0 saturated carbocycles. The van der Waals surface area contributed by atoms with E-state index >= 15 is 0 Å². The molecule has 0 bridgehead atoms. The number of hydrogen-bond acceptors (Lipinski definition) is 4. The summed E-state index contributed by atoms with van der Waals surface area (Å²) in [5.74, 6) is -1.27. The molecule has 6 nitrogen and oxygen atoms in total. The summed E-state index contributed by atoms with van der Waals surface area (Å²) in [6.45, 7) is 3.65. The van der Waals surface area contributed by atoms with Gasteiger partial charge in [-0.25, -0.2) is 9.82 Å². The van der Waals surface area contributed by atoms with Crippen LogP contribution >= 0.6 is 0 Å². The van der Waals surface area contributed by atoms with Crippen molar-refractivity contribution >= 4 is 23.7 Å². The third-order valence-corrected chi connectivity index (χ3v) is 4.37. The molecule has 0 spiro atoms. The number of halogens is 1. The Hall–Kier alpha value is -4.26. The second kappa shape index (κ2) is 9.98. The fourth-order valence-electron chi connectivity index (χ4n) is 2.80. The van der Waals surface area contributed by atoms with Crippen molar-refractivity contribution in [1.29, 1.82) is 0 Å². The van der Waals surface area contributed by atoms with Crippen molar-refractivity contribution in [2.45, 2.75) is 6.42 Å². The average molecular weight is 417 g/mol. The molecule has 3 N–H and O–H groups in total. The summed E-state index contributed by atoms with van der Waals surface area (Å²) in [7, 11) is 0. The predicted molar refractivity (Wildman–Crippen MR) is 118 cm³/mol. The van der Waals surface area contributed by atoms with Gasteiger partial charge in [0.15, 0.2) is 0 Å². The molecule has 0 heterocycles. The maximum atomic E-state index is 13.0. The highest BCUT2D eigenvalue weighted by molar-refractivity contribution is 6.05. The molecule has 0 fully saturated rings. The fraction of sp³-hybridized carbons (Fsp3) is 0.0417. The summed E-state index contributed by atoms with van der Waals surface area (Å²) in [4.78, 5) is 24.6. The summed E-state index contributed by atoms with van der Waals surface area (Å²) < 4.78 is 13.0. The standard InChI is InChI=1S/C24H20FN3O3/c1-2-5-16-6-3-8-19(22(16)29)15-26-28-24(31)18-7-4-9-21(14-18)27-23(30)17-10-12-20(25)13-11-17/h2-4,6-15,29H,1,5H2,(H,27,30)(H,28,31)/b26-15-. The van der Waals surface area contributed by atoms with Crippen LogP contribution in [-0.4, -0.2) is 23.1 Å². The number of nitrogens with zero attached hydrogens (tertiary/aromatic N) is 1. The number of rotatable bonds is 7. The second-order valence-electron chi connectivity index (χ2n) is 6.59. The van der Waals surface area contributed by atoms with Gasteiger partial charge in [0.25, 0.3) is 11.8 Å². The topological polar surface area (TPSA) is 90.8 Å². The molecule has 0 radical (unpaired) electrons. The normalized spacial score (nSPS) is 10.6. The van der Waals surface area contributed by atoms with Crippen LogP contribution in [0.2, 0.25) is 0 Å². The lowest BCUT2D eigenvalue weighted by molar-refractivity contribution is 0.0953. The Kier molecular flexibility index (Phi) is 6.90. The fourth-order valence-corrected chi connectivity index (χ4v) is 2.80. The van der Waals surface area contributed by atoms with E-state index < -0.39 is 17.6 Å². The molecule has 3 aromatic rings. The van der Waals surface area contributed by atoms with Gasteiger partial charge in [-0.05, 0) is 60.5 Å². The zero-order chi connectivity index (χ0) is 22.2. The highest BCUT2D eigenvalue weighted by Crippen LogP contribution is 2.21. The first-order chi connectivity index (χ1) is 15.0. The van der Waals surface area contributed by atoms with Crippen LogP contribution in [0.15, 0.2) is 84.5 Å². The van der Waals surface area contributed by atoms with Crippen LogP contribution in [0.25, 0.3) is 0 Å². The first kappa shape index (κ1) is 21.4. The van der Waals surface area contributed by atoms with Crippen molar-refractivity contribution in [2.75, 3.05) is 5.32 Å². The number of anilines is 1. The molecule has 0 unspecified atom stereocenters. The summed E-state index contributed by atoms with van der Waals surface area (Å²) in [6.07, 6.45) is 3.54. The lowest BCUT2D eigenvalue weighted by Gasteiger charge is -2.07. The van der Waals surface area contributed by atoms with E-state index in [1.165, 1.54) is 36.5 Å². The largest absolute Gasteiger partial charge is 0.507 e. The molecule has 0 saturated heterocycles. The summed E-state index contributed by atoms with van der Waals surface area (Å²) in [6, 6.07) is 16.7. The van der Waals surface area contributed by atoms with Crippen LogP contribution in [0.1, 0.15) is 31.8 Å². The molecule has 31 heavy (non-hydrogen) atoms. The SMILES string of the molecule is C=CCc1cccc(/C=N\NC(=O)c2cccc(NC(=O)c3ccc(F)cc3)c2)c1O. The molecule has 7 heteroatoms. The van der Waals surface area contributed by atoms with E-state index in [0.29, 0.717) is 28.8 Å². The van der Waals surface area contributed by atoms with Crippen LogP contribution in [-0.2, 0) is 6.42 Å². The summed E-state index contributed by atoms with van der Waals surface area (Å²) in [5.41, 5.74) is 4.52. The highest BCUT2D eigenvalue weighted by Gasteiger charge is 2.10. The molecule has 3 rings (SSSR count). The van der Waals surface area contributed by atoms with Crippen molar-refractivity contribution in [1.82, 2.24) is 5.43 Å². The maximum absolute atomic E-state index is 13.0. The molecule has 0 aliphatic heterocycles. The van der Waals surface area contributed by atoms with Gasteiger partial charge in [-0.2, -0.15) is 5.10 Å². The number of para-hydroxylation sites is 1. The number of aromatic hydroxyl groups is 1. The number of allylic oxidation sites excluding steroid dienone is 1. The number of benzene rings is 3. The van der Waals surface area contributed by atoms with Gasteiger partial charge in [-0.3, -0.25) is 9.59 Å². The molecular weight excluding hydrogens is 397 g/mol. The Morgan fingerprint density at radius 1 is 1.00 bits per heavy atom. The minimum absolute atomic E-state index is 0.0749. The third-order valence-electron chi connectivity index (χ3n) is 4.37. The van der Waals surface area contributed by atoms with Gasteiger partial charge in [0.2, 0.25) is 0 Å². The maximum Gasteiger partial charge on any atom is 0.271 e. The zero-order valence-electron chi connectivity index (χ0n) is 16.5. The smallest absolute Gasteiger partial charge is 0.271 e. The van der Waals surface area contributed by atoms with Gasteiger partial charge >= 0.3 is 0 Å². The summed E-state index contributed by atoms with van der Waals surface area (Å²) in [5, 5.41) is 16.8. The number of hydrogen-bond donors (Lipinski definition) is 3. The number of hydrazone groups is 1. The van der Waals surface area contributed by atoms with Crippen LogP contribution < -0.4 is 10.7 Å². The predicted octanol–water partition coefficient (Wildman–Crippen LogP) is 4.28. The number of nitrogens with one attached hydrogen (secondary N) is 2. The van der Waals surface area contributed by atoms with E-state index in [1.54, 1.807) is 42.5 Å². The number of phenols is 1. The molecular formula is C24H20FN3O3. The van der Waals surface area contributed by atoms with E-state index in [0.717, 1.165) is 0 Å². The lowest BCUT2D eigenvalue weighted by Crippen LogP contribution is -2.18. The van der Waals surface area contributed by atoms with Crippen LogP contribution in [0.5, 0.6) is 5.75 Å². The zero-order valence-corrected chi connectivity index (χ0v) is 16.5. The highest BCUT2D eigenvalue weighted by atomic mass is 19.1. The Balaban J connectivity index is 1.65. The second-order valence-corrected chi connectivity index (χ2v) is 6.59. The van der Waals surface area contributed by atoms with Crippen LogP contribution in [0.4, 0.5) is 10.1 Å². The van der Waals surface area contributed by atoms with E-state index in [9.17, 15) is 19.1 Å². The van der Waals surface area contributed by atoms with Crippen LogP contribution in [0, 0.1) is 5.82 Å². The minimum atomic E-state index is -0.490. The van der Waals surface area contributed by atoms with Crippen molar-refractivity contribution < 1.29 is 19.1 Å². The Bertz CT molecular complexity index is 1140. The Morgan fingerprint density at radius 3 is 2.48 bits per heavy atom. The summed E-state index contributed by atoms with van der Waals surface area (Å²) >= 11 is 0. The van der Waals surface area contributed by atoms with Gasteiger partial charge < -0.3 is 10.4 Å². The van der Waals surface area contributed by atoms with E-state index in [1.807, 2.05) is 0 Å². The first-order valence-corrected chi connectivity index (χ1v) is 9.40. The van der Waals surface area contributed by atoms with E-state index in [-0.39, 0.29) is 11.3 Å². The number of amides is 2. The van der Waals surface area contributed by atoms with Crippen molar-refractivity contribution in [3.8, 4) is 5.75 Å². The molecule has 0 aromatic heterocycles. The van der Waals surface area contributed by atoms with Crippen molar-refractivity contribution in [3.63, 3.8) is 0 Å². The Labute approximate surface area is 178 Å². The lowest BCUT2D eigenvalue weighted by atomic mass is 10.1. The van der Waals surface area contributed by atoms with E-state index in [2.05, 4.69) is 22.4 Å². The molecule has 0 aliphatic rings. The quantitative estimate of drug-likeness (QED) is 0.305. The average Bonchev–Trinajstić information content (AvgIpc) is 2.77. The van der Waals surface area contributed by atoms with Gasteiger partial charge in [0.05, 0.1) is 6.21 Å². The number of carbonyl (C=O) groups is 2. The van der Waals surface area contributed by atoms with Gasteiger partial charge in [0.1, 0.15) is 11.6 Å². The van der Waals surface area contributed by atoms with Crippen LogP contribution in [0.3, 0.4) is 0 Å². The molecule has 2 amide bonds. The molecule has 156 valence electrons. The van der Waals surface area contributed by atoms with Crippen molar-refractivity contribution in [2.24, 2.45) is 5.10 Å². The molecule has 3 aromatic carbocycles. The molecule has 0 atom stereocenters. The monoisotopic (exact) mass is 417 g/mol. The van der Waals surface area contributed by atoms with Gasteiger partial charge in [0, 0.05) is 22.4 Å². The van der Waals surface area contributed by atoms with Gasteiger partial charge in [-0.15, -0.1) is 6.58 Å². The number of phenolic OH excluding ortho intramolecular Hbond substituents is 1. The van der Waals surface area contributed by atoms with Gasteiger partial charge in [-0.1, -0.05) is 24.3 Å². The molecule has 0 aliphatic carbocycles. The third kappa shape index (κ3) is 5.63. The minimum Gasteiger partial charge on any atom is -0.507 e. The van der Waals surface area contributed by atoms with Crippen molar-refractivity contribution in [3.05, 3.63) is 107 Å².